The fraction of sp³-hybridized carbons (Fsp3) is 0.714. The lowest BCUT2D eigenvalue weighted by molar-refractivity contribution is -0.119. The summed E-state index contributed by atoms with van der Waals surface area (Å²) in [5, 5.41) is 5.84. The van der Waals surface area contributed by atoms with Gasteiger partial charge in [-0.3, -0.25) is 46.2 Å². The Balaban J connectivity index is 0. The summed E-state index contributed by atoms with van der Waals surface area (Å²) in [5.74, 6) is -0.538. The average Bonchev–Trinajstić information content (AvgIpc) is 3.48. The van der Waals surface area contributed by atoms with Crippen molar-refractivity contribution < 1.29 is 134 Å². The summed E-state index contributed by atoms with van der Waals surface area (Å²) < 4.78 is 104. The van der Waals surface area contributed by atoms with Crippen LogP contribution >= 0.6 is 60.8 Å². The van der Waals surface area contributed by atoms with Gasteiger partial charge in [0.2, 0.25) is 5.91 Å². The van der Waals surface area contributed by atoms with Crippen LogP contribution in [0.2, 0.25) is 0 Å². The lowest BCUT2D eigenvalue weighted by Gasteiger charge is -2.30. The molecule has 0 bridgehead atoms. The normalized spacial score (nSPS) is 17.1. The van der Waals surface area contributed by atoms with E-state index in [-0.39, 0.29) is 24.8 Å². The number of rotatable bonds is 12. The van der Waals surface area contributed by atoms with Crippen LogP contribution in [0, 0.1) is 5.82 Å². The Hall–Kier alpha value is -1.15. The molecule has 2 amide bonds. The minimum Gasteiger partial charge on any atom is -0.442 e. The minimum absolute atomic E-state index is 0.184. The molecule has 40 heteroatoms. The van der Waals surface area contributed by atoms with Gasteiger partial charge < -0.3 is 98.6 Å². The molecule has 0 aliphatic carbocycles. The lowest BCUT2D eigenvalue weighted by Crippen LogP contribution is -2.43. The maximum atomic E-state index is 14.5. The number of carbonyl (C=O) groups excluding carboxylic acids is 2. The molecule has 1 atom stereocenters. The van der Waals surface area contributed by atoms with E-state index in [9.17, 15) is 50.5 Å². The standard InChI is InChI=1S/C16H21FN4O3.4C3H10O6P2/c1-11(22)19-9-13-10-21(16(23)24-13)12-2-3-15(14(17)8-12)20-6-4-18-5-7-20;4*1-3(2,10(4,5)6)11(7,8)9/h2-3,8,13,18H,4-7,9-10H2,1H3,(H,19,22);4*1-2H3,(H2,4,5,6)(H2,7,8,9)/t13-;;;;/m0..../s1. The second-order valence-electron chi connectivity index (χ2n) is 16.3. The van der Waals surface area contributed by atoms with Crippen LogP contribution in [0.5, 0.6) is 0 Å². The van der Waals surface area contributed by atoms with Crippen LogP contribution in [0.3, 0.4) is 0 Å². The molecule has 2 saturated heterocycles. The molecule has 0 spiro atoms. The van der Waals surface area contributed by atoms with E-state index in [1.165, 1.54) is 17.9 Å². The third kappa shape index (κ3) is 19.4. The molecule has 1 aromatic rings. The van der Waals surface area contributed by atoms with Crippen molar-refractivity contribution in [1.82, 2.24) is 10.6 Å². The Morgan fingerprint density at radius 1 is 0.618 bits per heavy atom. The van der Waals surface area contributed by atoms with Crippen LogP contribution in [0.4, 0.5) is 20.6 Å². The highest BCUT2D eigenvalue weighted by Crippen LogP contribution is 2.70. The minimum atomic E-state index is -4.75. The zero-order chi connectivity index (χ0) is 55.1. The van der Waals surface area contributed by atoms with E-state index in [2.05, 4.69) is 10.6 Å². The van der Waals surface area contributed by atoms with Crippen LogP contribution in [-0.4, -0.2) is 155 Å². The van der Waals surface area contributed by atoms with Crippen molar-refractivity contribution in [3.63, 3.8) is 0 Å². The number of benzene rings is 1. The first-order valence-electron chi connectivity index (χ1n) is 18.5. The van der Waals surface area contributed by atoms with Crippen LogP contribution in [0.25, 0.3) is 0 Å². The Bertz CT molecular complexity index is 1990. The summed E-state index contributed by atoms with van der Waals surface area (Å²) in [6.45, 7) is 11.7. The number of anilines is 2. The van der Waals surface area contributed by atoms with Gasteiger partial charge in [-0.1, -0.05) is 0 Å². The van der Waals surface area contributed by atoms with Crippen molar-refractivity contribution in [1.29, 1.82) is 0 Å². The number of piperazine rings is 1. The van der Waals surface area contributed by atoms with Gasteiger partial charge >= 0.3 is 66.9 Å². The summed E-state index contributed by atoms with van der Waals surface area (Å²) in [4.78, 5) is 153. The Kier molecular flexibility index (Phi) is 24.6. The third-order valence-corrected chi connectivity index (χ3v) is 27.5. The van der Waals surface area contributed by atoms with Gasteiger partial charge in [0, 0.05) is 33.1 Å². The zero-order valence-electron chi connectivity index (χ0n) is 37.5. The summed E-state index contributed by atoms with van der Waals surface area (Å²) in [7, 11) is -38.0. The topological polar surface area (TPSA) is 534 Å². The Labute approximate surface area is 388 Å². The predicted octanol–water partition coefficient (Wildman–Crippen LogP) is 1.01. The van der Waals surface area contributed by atoms with Crippen molar-refractivity contribution in [2.24, 2.45) is 0 Å². The predicted molar refractivity (Wildman–Crippen MR) is 240 cm³/mol. The average molecular weight is 1150 g/mol. The van der Waals surface area contributed by atoms with Gasteiger partial charge in [0.05, 0.1) is 24.5 Å². The van der Waals surface area contributed by atoms with Crippen molar-refractivity contribution in [3.8, 4) is 0 Å². The maximum Gasteiger partial charge on any atom is 0.414 e. The van der Waals surface area contributed by atoms with Crippen LogP contribution in [-0.2, 0) is 46.1 Å². The molecule has 2 aliphatic rings. The number of amides is 2. The van der Waals surface area contributed by atoms with Gasteiger partial charge in [-0.15, -0.1) is 0 Å². The van der Waals surface area contributed by atoms with Gasteiger partial charge in [0.15, 0.2) is 19.6 Å². The molecular formula is C28H61FN4O27P8. The largest absolute Gasteiger partial charge is 0.442 e. The second-order valence-corrected chi connectivity index (χ2v) is 35.3. The van der Waals surface area contributed by atoms with Crippen molar-refractivity contribution in [2.45, 2.75) is 88.0 Å². The first kappa shape index (κ1) is 68.9. The van der Waals surface area contributed by atoms with Gasteiger partial charge in [0.25, 0.3) is 0 Å². The van der Waals surface area contributed by atoms with E-state index < -0.39 is 92.6 Å². The fourth-order valence-corrected chi connectivity index (χ4v) is 9.03. The number of cyclic esters (lactones) is 1. The van der Waals surface area contributed by atoms with E-state index in [1.807, 2.05) is 4.90 Å². The quantitative estimate of drug-likeness (QED) is 0.130. The number of hydrogen-bond donors (Lipinski definition) is 18. The van der Waals surface area contributed by atoms with Crippen molar-refractivity contribution >= 4 is 84.1 Å². The highest BCUT2D eigenvalue weighted by atomic mass is 31.3. The molecule has 2 heterocycles. The van der Waals surface area contributed by atoms with Crippen molar-refractivity contribution in [3.05, 3.63) is 24.0 Å². The maximum absolute atomic E-state index is 14.5. The molecule has 31 nitrogen and oxygen atoms in total. The van der Waals surface area contributed by atoms with Crippen molar-refractivity contribution in [2.75, 3.05) is 49.1 Å². The van der Waals surface area contributed by atoms with Gasteiger partial charge in [-0.2, -0.15) is 0 Å². The summed E-state index contributed by atoms with van der Waals surface area (Å²) in [5.41, 5.74) is 1.00. The molecule has 3 rings (SSSR count). The summed E-state index contributed by atoms with van der Waals surface area (Å²) in [6.07, 6.45) is -0.961. The fourth-order valence-electron chi connectivity index (χ4n) is 3.60. The van der Waals surface area contributed by atoms with E-state index in [1.54, 1.807) is 12.1 Å². The van der Waals surface area contributed by atoms with E-state index in [0.717, 1.165) is 81.6 Å². The van der Waals surface area contributed by atoms with Gasteiger partial charge in [-0.05, 0) is 73.6 Å². The monoisotopic (exact) mass is 1150 g/mol. The number of halogens is 1. The van der Waals surface area contributed by atoms with E-state index >= 15 is 0 Å². The highest BCUT2D eigenvalue weighted by Gasteiger charge is 2.54. The Morgan fingerprint density at radius 2 is 0.912 bits per heavy atom. The summed E-state index contributed by atoms with van der Waals surface area (Å²) in [6, 6.07) is 4.78. The summed E-state index contributed by atoms with van der Waals surface area (Å²) >= 11 is 0. The molecule has 2 aliphatic heterocycles. The molecule has 68 heavy (non-hydrogen) atoms. The number of ether oxygens (including phenoxy) is 1. The molecule has 2 fully saturated rings. The number of carbonyl (C=O) groups is 2. The first-order chi connectivity index (χ1) is 29.5. The molecule has 0 unspecified atom stereocenters. The molecular weight excluding hydrogens is 1090 g/mol. The zero-order valence-corrected chi connectivity index (χ0v) is 44.7. The number of nitrogens with one attached hydrogen (secondary N) is 2. The van der Waals surface area contributed by atoms with Gasteiger partial charge in [-0.25, -0.2) is 9.18 Å². The number of nitrogens with zero attached hydrogens (tertiary/aromatic N) is 2. The second kappa shape index (κ2) is 24.3. The van der Waals surface area contributed by atoms with E-state index in [0.29, 0.717) is 11.4 Å². The van der Waals surface area contributed by atoms with Crippen LogP contribution in [0.15, 0.2) is 18.2 Å². The first-order valence-corrected chi connectivity index (χ1v) is 31.4. The Morgan fingerprint density at radius 3 is 1.15 bits per heavy atom. The molecule has 1 aromatic carbocycles. The smallest absolute Gasteiger partial charge is 0.414 e. The van der Waals surface area contributed by atoms with Crippen LogP contribution < -0.4 is 20.4 Å². The molecule has 0 radical (unpaired) electrons. The molecule has 0 saturated carbocycles. The molecule has 402 valence electrons. The van der Waals surface area contributed by atoms with Gasteiger partial charge in [0.1, 0.15) is 11.9 Å². The lowest BCUT2D eigenvalue weighted by atomic mass is 10.2. The molecule has 0 aromatic heterocycles. The van der Waals surface area contributed by atoms with Crippen LogP contribution in [0.1, 0.15) is 62.3 Å². The molecule has 18 N–H and O–H groups in total. The third-order valence-electron chi connectivity index (χ3n) is 9.86. The SMILES string of the molecule is CC(=O)NC[C@H]1CN(c2ccc(N3CCNCC3)c(F)c2)C(=O)O1.CC(C)(P(=O)(O)O)P(=O)(O)O.CC(C)(P(=O)(O)O)P(=O)(O)O.CC(C)(P(=O)(O)O)P(=O)(O)O.CC(C)(P(=O)(O)O)P(=O)(O)O. The highest BCUT2D eigenvalue weighted by molar-refractivity contribution is 7.73. The van der Waals surface area contributed by atoms with E-state index in [4.69, 9.17) is 83.0 Å². The number of hydrogen-bond acceptors (Lipinski definition) is 13.